The van der Waals surface area contributed by atoms with Gasteiger partial charge in [0.1, 0.15) is 11.1 Å². The van der Waals surface area contributed by atoms with Crippen molar-refractivity contribution in [2.24, 2.45) is 0 Å². The van der Waals surface area contributed by atoms with Crippen molar-refractivity contribution >= 4 is 33.0 Å². The predicted molar refractivity (Wildman–Crippen MR) is 121 cm³/mol. The summed E-state index contributed by atoms with van der Waals surface area (Å²) in [6, 6.07) is 17.6. The number of carbonyl (C=O) groups is 2. The van der Waals surface area contributed by atoms with Crippen LogP contribution in [0.1, 0.15) is 22.1 Å². The van der Waals surface area contributed by atoms with Crippen LogP contribution < -0.4 is 10.6 Å². The Morgan fingerprint density at radius 3 is 2.25 bits per heavy atom. The molecule has 2 aromatic carbocycles. The molecule has 0 unspecified atom stereocenters. The molecule has 0 aliphatic rings. The summed E-state index contributed by atoms with van der Waals surface area (Å²) in [5.41, 5.74) is 1.14. The van der Waals surface area contributed by atoms with Gasteiger partial charge < -0.3 is 10.6 Å². The van der Waals surface area contributed by atoms with Gasteiger partial charge in [-0.1, -0.05) is 36.4 Å². The molecule has 3 rings (SSSR count). The molecule has 9 heteroatoms. The first-order chi connectivity index (χ1) is 15.4. The molecule has 0 saturated carbocycles. The van der Waals surface area contributed by atoms with Gasteiger partial charge in [0.2, 0.25) is 0 Å². The molecular formula is C23H23FN2O4S2. The average Bonchev–Trinajstić information content (AvgIpc) is 3.32. The molecule has 0 saturated heterocycles. The van der Waals surface area contributed by atoms with Crippen LogP contribution in [-0.2, 0) is 25.8 Å². The van der Waals surface area contributed by atoms with Gasteiger partial charge in [0, 0.05) is 18.0 Å². The molecule has 0 aliphatic carbocycles. The number of thiophene rings is 1. The number of halogens is 1. The largest absolute Gasteiger partial charge is 0.348 e. The van der Waals surface area contributed by atoms with Crippen molar-refractivity contribution in [3.8, 4) is 0 Å². The van der Waals surface area contributed by atoms with Gasteiger partial charge in [-0.15, -0.1) is 11.3 Å². The number of hydrogen-bond donors (Lipinski definition) is 2. The Bertz CT molecular complexity index is 1130. The second-order valence-corrected chi connectivity index (χ2v) is 10.2. The molecule has 0 aliphatic heterocycles. The normalized spacial score (nSPS) is 12.2. The maximum atomic E-state index is 13.2. The maximum absolute atomic E-state index is 13.2. The Morgan fingerprint density at radius 2 is 1.59 bits per heavy atom. The van der Waals surface area contributed by atoms with Gasteiger partial charge in [-0.3, -0.25) is 9.59 Å². The third-order valence-corrected chi connectivity index (χ3v) is 8.04. The van der Waals surface area contributed by atoms with E-state index in [1.165, 1.54) is 23.5 Å². The van der Waals surface area contributed by atoms with Gasteiger partial charge in [-0.25, -0.2) is 12.8 Å². The fourth-order valence-electron chi connectivity index (χ4n) is 3.11. The van der Waals surface area contributed by atoms with Gasteiger partial charge in [-0.2, -0.15) is 0 Å². The Labute approximate surface area is 190 Å². The highest BCUT2D eigenvalue weighted by Crippen LogP contribution is 2.31. The van der Waals surface area contributed by atoms with Crippen molar-refractivity contribution < 1.29 is 22.4 Å². The Kier molecular flexibility index (Phi) is 8.13. The van der Waals surface area contributed by atoms with E-state index < -0.39 is 32.7 Å². The summed E-state index contributed by atoms with van der Waals surface area (Å²) < 4.78 is 39.4. The van der Waals surface area contributed by atoms with Gasteiger partial charge >= 0.3 is 11.8 Å². The SMILES string of the molecule is O=C(NCCCc1ccccc1)C(=O)NC[C@@H](c1cccs1)S(=O)(=O)c1ccc(F)cc1. The molecule has 6 nitrogen and oxygen atoms in total. The number of amides is 2. The highest BCUT2D eigenvalue weighted by Gasteiger charge is 2.31. The number of benzene rings is 2. The van der Waals surface area contributed by atoms with E-state index >= 15 is 0 Å². The third kappa shape index (κ3) is 6.24. The zero-order valence-electron chi connectivity index (χ0n) is 17.2. The van der Waals surface area contributed by atoms with E-state index in [4.69, 9.17) is 0 Å². The first kappa shape index (κ1) is 23.6. The standard InChI is InChI=1S/C23H23FN2O4S2/c24-18-10-12-19(13-11-18)32(29,30)21(20-9-5-15-31-20)16-26-23(28)22(27)25-14-4-8-17-6-2-1-3-7-17/h1-3,5-7,9-13,15,21H,4,8,14,16H2,(H,25,27)(H,26,28)/t21-/m0/s1. The Morgan fingerprint density at radius 1 is 0.906 bits per heavy atom. The molecule has 1 aromatic heterocycles. The minimum Gasteiger partial charge on any atom is -0.348 e. The molecule has 2 N–H and O–H groups in total. The number of aryl methyl sites for hydroxylation is 1. The Balaban J connectivity index is 1.58. The summed E-state index contributed by atoms with van der Waals surface area (Å²) in [6.07, 6.45) is 1.43. The number of hydrogen-bond acceptors (Lipinski definition) is 5. The molecular weight excluding hydrogens is 451 g/mol. The lowest BCUT2D eigenvalue weighted by atomic mass is 10.1. The summed E-state index contributed by atoms with van der Waals surface area (Å²) in [4.78, 5) is 24.8. The minimum absolute atomic E-state index is 0.0584. The number of rotatable bonds is 9. The molecule has 3 aromatic rings. The first-order valence-corrected chi connectivity index (χ1v) is 12.4. The fraction of sp³-hybridized carbons (Fsp3) is 0.217. The van der Waals surface area contributed by atoms with E-state index in [2.05, 4.69) is 10.6 Å². The van der Waals surface area contributed by atoms with Crippen molar-refractivity contribution in [3.63, 3.8) is 0 Å². The van der Waals surface area contributed by atoms with E-state index in [1.54, 1.807) is 17.5 Å². The van der Waals surface area contributed by atoms with Crippen LogP contribution in [0.15, 0.2) is 77.0 Å². The van der Waals surface area contributed by atoms with Crippen LogP contribution in [0.5, 0.6) is 0 Å². The van der Waals surface area contributed by atoms with Crippen LogP contribution in [0, 0.1) is 5.82 Å². The quantitative estimate of drug-likeness (QED) is 0.283. The topological polar surface area (TPSA) is 92.3 Å². The van der Waals surface area contributed by atoms with E-state index in [0.717, 1.165) is 24.1 Å². The minimum atomic E-state index is -3.92. The zero-order chi connectivity index (χ0) is 23.0. The van der Waals surface area contributed by atoms with Crippen LogP contribution in [0.2, 0.25) is 0 Å². The second-order valence-electron chi connectivity index (χ2n) is 7.06. The van der Waals surface area contributed by atoms with Crippen molar-refractivity contribution in [1.29, 1.82) is 0 Å². The van der Waals surface area contributed by atoms with E-state index in [9.17, 15) is 22.4 Å². The van der Waals surface area contributed by atoms with Crippen LogP contribution >= 0.6 is 11.3 Å². The molecule has 0 radical (unpaired) electrons. The number of sulfone groups is 1. The smallest absolute Gasteiger partial charge is 0.309 e. The molecule has 32 heavy (non-hydrogen) atoms. The lowest BCUT2D eigenvalue weighted by molar-refractivity contribution is -0.139. The number of nitrogens with one attached hydrogen (secondary N) is 2. The van der Waals surface area contributed by atoms with E-state index in [1.807, 2.05) is 30.3 Å². The lowest BCUT2D eigenvalue weighted by Crippen LogP contribution is -2.42. The molecule has 2 amide bonds. The molecule has 0 bridgehead atoms. The van der Waals surface area contributed by atoms with E-state index in [-0.39, 0.29) is 11.4 Å². The highest BCUT2D eigenvalue weighted by atomic mass is 32.2. The second kappa shape index (κ2) is 11.0. The van der Waals surface area contributed by atoms with Crippen LogP contribution in [0.25, 0.3) is 0 Å². The highest BCUT2D eigenvalue weighted by molar-refractivity contribution is 7.91. The van der Waals surface area contributed by atoms with Gasteiger partial charge in [0.15, 0.2) is 9.84 Å². The molecule has 168 valence electrons. The van der Waals surface area contributed by atoms with Crippen molar-refractivity contribution in [3.05, 3.63) is 88.4 Å². The summed E-state index contributed by atoms with van der Waals surface area (Å²) >= 11 is 1.23. The molecule has 0 spiro atoms. The van der Waals surface area contributed by atoms with Gasteiger partial charge in [-0.05, 0) is 54.1 Å². The van der Waals surface area contributed by atoms with Gasteiger partial charge in [0.05, 0.1) is 4.90 Å². The van der Waals surface area contributed by atoms with Gasteiger partial charge in [0.25, 0.3) is 0 Å². The van der Waals surface area contributed by atoms with Crippen molar-refractivity contribution in [1.82, 2.24) is 10.6 Å². The lowest BCUT2D eigenvalue weighted by Gasteiger charge is -2.17. The van der Waals surface area contributed by atoms with Crippen LogP contribution in [0.3, 0.4) is 0 Å². The van der Waals surface area contributed by atoms with Crippen LogP contribution in [-0.4, -0.2) is 33.3 Å². The number of carbonyl (C=O) groups excluding carboxylic acids is 2. The maximum Gasteiger partial charge on any atom is 0.309 e. The summed E-state index contributed by atoms with van der Waals surface area (Å²) in [5, 5.41) is 5.60. The summed E-state index contributed by atoms with van der Waals surface area (Å²) in [5.74, 6) is -2.27. The average molecular weight is 475 g/mol. The van der Waals surface area contributed by atoms with E-state index in [0.29, 0.717) is 17.8 Å². The third-order valence-electron chi connectivity index (χ3n) is 4.80. The van der Waals surface area contributed by atoms with Crippen LogP contribution in [0.4, 0.5) is 4.39 Å². The first-order valence-electron chi connectivity index (χ1n) is 10.0. The van der Waals surface area contributed by atoms with Crippen molar-refractivity contribution in [2.45, 2.75) is 23.0 Å². The monoisotopic (exact) mass is 474 g/mol. The summed E-state index contributed by atoms with van der Waals surface area (Å²) in [6.45, 7) is 0.0415. The zero-order valence-corrected chi connectivity index (χ0v) is 18.8. The predicted octanol–water partition coefficient (Wildman–Crippen LogP) is 3.27. The fourth-order valence-corrected chi connectivity index (χ4v) is 5.90. The Hall–Kier alpha value is -3.04. The molecule has 1 atom stereocenters. The molecule has 1 heterocycles. The molecule has 0 fully saturated rings. The summed E-state index contributed by atoms with van der Waals surface area (Å²) in [7, 11) is -3.92. The van der Waals surface area contributed by atoms with Crippen molar-refractivity contribution in [2.75, 3.05) is 13.1 Å².